The van der Waals surface area contributed by atoms with E-state index in [1.807, 2.05) is 216 Å². The SMILES string of the molecule is CCOC(=O)c1ccc(C)cc1.COc1cc(C)cc(OC)n1.COc1ccc(C)cc1.COc1ccc(C)cc1Cl.COc1ccc(C)nc1C.Cc1ccc(C#N)c(Cl)c1.Cc1ccccn1.Cc1cccnc1.Cc1ccncc1.Cc1cnc(Cl)c(Cl)c1.Cc1cnccn1. The molecule has 0 bridgehead atoms. The van der Waals surface area contributed by atoms with E-state index >= 15 is 0 Å². The molecule has 7 aromatic heterocycles. The van der Waals surface area contributed by atoms with Gasteiger partial charge in [-0.1, -0.05) is 106 Å². The second-order valence-electron chi connectivity index (χ2n) is 21.0. The lowest BCUT2D eigenvalue weighted by atomic mass is 10.1. The molecular weight excluding hydrogens is 1330 g/mol. The molecule has 20 heteroatoms. The Bertz CT molecular complexity index is 3790. The largest absolute Gasteiger partial charge is 0.497 e. The lowest BCUT2D eigenvalue weighted by molar-refractivity contribution is 0.0526. The number of aromatic nitrogens is 8. The lowest BCUT2D eigenvalue weighted by Crippen LogP contribution is -2.03. The van der Waals surface area contributed by atoms with E-state index in [1.165, 1.54) is 16.7 Å². The zero-order valence-electron chi connectivity index (χ0n) is 59.8. The van der Waals surface area contributed by atoms with Crippen LogP contribution >= 0.6 is 46.4 Å². The molecule has 0 aliphatic rings. The standard InChI is InChI=1S/C10H12O2.C8H6ClN.C8H9ClO.C8H11NO2.C8H11NO.C8H10O.C6H5Cl2N.3C6H7N.C5H6N2/c1-3-12-10(11)9-6-4-8(2)5-7-9;1-6-2-3-7(5-10)8(9)4-6;1-6-3-4-8(10-2)7(9)5-6;1-6-4-7(10-2)9-8(5-6)11-3;1-6-4-5-8(10-3)7(2)9-6;1-7-3-5-8(9-2)6-4-7;1-4-2-5(7)6(8)9-3-4;1-6-2-4-7-5-3-6;1-6-3-2-4-7-5-6;1-6-4-2-3-5-7-6;1-5-4-6-2-3-7-5/h4-7H,3H2,1-2H3;2-4H,1H3;3-5H,1-2H3;4-5H,1-3H3;4-5H,1-3H3;3-6H,1-2H3;2-3H,1H3;3*2-5H,1H3;2-4H,1H3. The molecule has 0 atom stereocenters. The third-order valence-corrected chi connectivity index (χ3v) is 13.5. The van der Waals surface area contributed by atoms with Crippen molar-refractivity contribution >= 4 is 52.4 Å². The topological polar surface area (TPSA) is 199 Å². The summed E-state index contributed by atoms with van der Waals surface area (Å²) >= 11 is 22.7. The van der Waals surface area contributed by atoms with Gasteiger partial charge in [0.05, 0.1) is 79.7 Å². The van der Waals surface area contributed by atoms with Gasteiger partial charge in [0.2, 0.25) is 11.8 Å². The number of methoxy groups -OCH3 is 5. The van der Waals surface area contributed by atoms with Crippen molar-refractivity contribution < 1.29 is 33.2 Å². The highest BCUT2D eigenvalue weighted by Gasteiger charge is 2.05. The Balaban J connectivity index is 0.000000547. The number of ether oxygens (including phenoxy) is 6. The number of hydrogen-bond acceptors (Lipinski definition) is 16. The average molecular weight is 1420 g/mol. The van der Waals surface area contributed by atoms with E-state index in [-0.39, 0.29) is 5.97 Å². The molecule has 0 aliphatic carbocycles. The van der Waals surface area contributed by atoms with Crippen LogP contribution in [0.2, 0.25) is 20.2 Å². The highest BCUT2D eigenvalue weighted by atomic mass is 35.5. The van der Waals surface area contributed by atoms with Gasteiger partial charge in [-0.2, -0.15) is 10.2 Å². The first kappa shape index (κ1) is 87.0. The van der Waals surface area contributed by atoms with Gasteiger partial charge in [0.1, 0.15) is 28.5 Å². The molecule has 0 saturated carbocycles. The Morgan fingerprint density at radius 1 is 0.404 bits per heavy atom. The predicted octanol–water partition coefficient (Wildman–Crippen LogP) is 20.1. The number of nitriles is 1. The van der Waals surface area contributed by atoms with E-state index < -0.39 is 0 Å². The number of carbonyl (C=O) groups is 1. The van der Waals surface area contributed by atoms with Crippen molar-refractivity contribution in [1.29, 1.82) is 5.26 Å². The second kappa shape index (κ2) is 52.1. The number of rotatable bonds is 7. The van der Waals surface area contributed by atoms with Gasteiger partial charge in [-0.05, 0) is 220 Å². The Hall–Kier alpha value is -10.0. The summed E-state index contributed by atoms with van der Waals surface area (Å²) in [5.74, 6) is 3.42. The molecule has 0 saturated heterocycles. The Morgan fingerprint density at radius 2 is 0.949 bits per heavy atom. The first-order valence-corrected chi connectivity index (χ1v) is 32.3. The van der Waals surface area contributed by atoms with Crippen molar-refractivity contribution in [2.24, 2.45) is 0 Å². The quantitative estimate of drug-likeness (QED) is 0.108. The molecule has 0 spiro atoms. The van der Waals surface area contributed by atoms with E-state index in [0.29, 0.717) is 49.7 Å². The maximum absolute atomic E-state index is 11.1. The molecule has 522 valence electrons. The minimum atomic E-state index is -0.252. The summed E-state index contributed by atoms with van der Waals surface area (Å²) in [6, 6.07) is 51.4. The van der Waals surface area contributed by atoms with Gasteiger partial charge < -0.3 is 28.4 Å². The average Bonchev–Trinajstić information content (AvgIpc) is 1.52. The number of aryl methyl sites for hydroxylation is 12. The molecule has 11 aromatic rings. The lowest BCUT2D eigenvalue weighted by Gasteiger charge is -2.03. The maximum Gasteiger partial charge on any atom is 0.338 e. The normalized spacial score (nSPS) is 9.18. The van der Waals surface area contributed by atoms with E-state index in [2.05, 4.69) is 46.8 Å². The molecule has 7 heterocycles. The number of benzene rings is 4. The molecule has 4 aromatic carbocycles. The number of nitrogens with zero attached hydrogens (tertiary/aromatic N) is 9. The summed E-state index contributed by atoms with van der Waals surface area (Å²) in [4.78, 5) is 42.6. The van der Waals surface area contributed by atoms with Gasteiger partial charge in [0, 0.05) is 79.3 Å². The number of carbonyl (C=O) groups excluding carboxylic acids is 1. The number of hydrogen-bond donors (Lipinski definition) is 0. The highest BCUT2D eigenvalue weighted by molar-refractivity contribution is 6.41. The third-order valence-electron chi connectivity index (χ3n) is 12.2. The summed E-state index contributed by atoms with van der Waals surface area (Å²) in [5, 5.41) is 10.5. The molecule has 0 unspecified atom stereocenters. The molecule has 11 rings (SSSR count). The first-order chi connectivity index (χ1) is 47.3. The van der Waals surface area contributed by atoms with E-state index in [1.54, 1.807) is 122 Å². The number of halogens is 4. The number of esters is 1. The fourth-order valence-corrected chi connectivity index (χ4v) is 7.89. The fraction of sp³-hybridized carbons (Fsp3) is 0.241. The predicted molar refractivity (Wildman–Crippen MR) is 404 cm³/mol. The Morgan fingerprint density at radius 3 is 1.34 bits per heavy atom. The van der Waals surface area contributed by atoms with Crippen LogP contribution in [0.15, 0.2) is 213 Å². The summed E-state index contributed by atoms with van der Waals surface area (Å²) < 4.78 is 29.7. The van der Waals surface area contributed by atoms with Crippen LogP contribution in [0, 0.1) is 94.4 Å². The second-order valence-corrected chi connectivity index (χ2v) is 22.5. The summed E-state index contributed by atoms with van der Waals surface area (Å²) in [6.07, 6.45) is 15.7. The molecule has 0 N–H and O–H groups in total. The van der Waals surface area contributed by atoms with Gasteiger partial charge in [0.25, 0.3) is 0 Å². The van der Waals surface area contributed by atoms with Crippen molar-refractivity contribution in [1.82, 2.24) is 39.9 Å². The van der Waals surface area contributed by atoms with Crippen molar-refractivity contribution in [3.8, 4) is 35.1 Å². The monoisotopic (exact) mass is 1420 g/mol. The van der Waals surface area contributed by atoms with Gasteiger partial charge in [-0.15, -0.1) is 0 Å². The zero-order valence-corrected chi connectivity index (χ0v) is 62.8. The van der Waals surface area contributed by atoms with Crippen LogP contribution in [0.4, 0.5) is 0 Å². The van der Waals surface area contributed by atoms with Crippen molar-refractivity contribution in [3.63, 3.8) is 0 Å². The highest BCUT2D eigenvalue weighted by Crippen LogP contribution is 2.24. The van der Waals surface area contributed by atoms with Crippen LogP contribution < -0.4 is 23.7 Å². The third kappa shape index (κ3) is 41.6. The van der Waals surface area contributed by atoms with E-state index in [0.717, 1.165) is 67.8 Å². The first-order valence-electron chi connectivity index (χ1n) is 30.8. The Kier molecular flexibility index (Phi) is 45.8. The van der Waals surface area contributed by atoms with Crippen LogP contribution in [0.1, 0.15) is 90.1 Å². The summed E-state index contributed by atoms with van der Waals surface area (Å²) in [7, 11) is 8.10. The molecule has 0 fully saturated rings. The van der Waals surface area contributed by atoms with Crippen LogP contribution in [-0.2, 0) is 4.74 Å². The van der Waals surface area contributed by atoms with Crippen LogP contribution in [0.3, 0.4) is 0 Å². The van der Waals surface area contributed by atoms with Crippen molar-refractivity contribution in [2.45, 2.75) is 90.0 Å². The fourth-order valence-electron chi connectivity index (χ4n) is 6.98. The minimum absolute atomic E-state index is 0.252. The molecular formula is C79H91Cl4N9O7. The van der Waals surface area contributed by atoms with Crippen molar-refractivity contribution in [2.75, 3.05) is 42.2 Å². The zero-order chi connectivity index (χ0) is 73.9. The number of pyridine rings is 6. The van der Waals surface area contributed by atoms with Gasteiger partial charge in [-0.3, -0.25) is 29.9 Å². The van der Waals surface area contributed by atoms with Crippen LogP contribution in [0.25, 0.3) is 0 Å². The van der Waals surface area contributed by atoms with Crippen molar-refractivity contribution in [3.05, 3.63) is 312 Å². The molecule has 16 nitrogen and oxygen atoms in total. The van der Waals surface area contributed by atoms with Gasteiger partial charge in [-0.25, -0.2) is 9.78 Å². The molecule has 0 amide bonds. The smallest absolute Gasteiger partial charge is 0.338 e. The molecule has 0 aliphatic heterocycles. The Labute approximate surface area is 606 Å². The molecule has 0 radical (unpaired) electrons. The summed E-state index contributed by atoms with van der Waals surface area (Å²) in [5.41, 5.74) is 14.3. The van der Waals surface area contributed by atoms with E-state index in [4.69, 9.17) is 80.1 Å². The van der Waals surface area contributed by atoms with Gasteiger partial charge in [0.15, 0.2) is 0 Å². The maximum atomic E-state index is 11.1. The minimum Gasteiger partial charge on any atom is -0.497 e. The van der Waals surface area contributed by atoms with Crippen LogP contribution in [0.5, 0.6) is 29.0 Å². The van der Waals surface area contributed by atoms with E-state index in [9.17, 15) is 4.79 Å². The summed E-state index contributed by atoms with van der Waals surface area (Å²) in [6.45, 7) is 25.9. The van der Waals surface area contributed by atoms with Crippen LogP contribution in [-0.4, -0.2) is 88.0 Å². The van der Waals surface area contributed by atoms with Gasteiger partial charge >= 0.3 is 5.97 Å². The molecule has 99 heavy (non-hydrogen) atoms.